The number of carbonyl (C=O) groups is 1. The Labute approximate surface area is 146 Å². The maximum absolute atomic E-state index is 12.4. The SMILES string of the molecule is Cc1cc(-c2nc(C3CC3)no2)ccc1NC(=O)N1CC[C@@](C)(O)C1. The van der Waals surface area contributed by atoms with Crippen LogP contribution in [0.4, 0.5) is 10.5 Å². The third-order valence-electron chi connectivity index (χ3n) is 4.84. The Morgan fingerprint density at radius 1 is 1.44 bits per heavy atom. The molecule has 2 N–H and O–H groups in total. The van der Waals surface area contributed by atoms with Crippen LogP contribution in [0.1, 0.15) is 43.5 Å². The van der Waals surface area contributed by atoms with Crippen molar-refractivity contribution >= 4 is 11.7 Å². The molecule has 0 bridgehead atoms. The van der Waals surface area contributed by atoms with Crippen molar-refractivity contribution in [2.75, 3.05) is 18.4 Å². The van der Waals surface area contributed by atoms with Gasteiger partial charge in [-0.2, -0.15) is 4.98 Å². The van der Waals surface area contributed by atoms with Crippen LogP contribution in [0.25, 0.3) is 11.5 Å². The summed E-state index contributed by atoms with van der Waals surface area (Å²) in [7, 11) is 0. The lowest BCUT2D eigenvalue weighted by atomic mass is 10.1. The van der Waals surface area contributed by atoms with Gasteiger partial charge in [0, 0.05) is 23.7 Å². The zero-order valence-electron chi connectivity index (χ0n) is 14.5. The van der Waals surface area contributed by atoms with Gasteiger partial charge in [-0.15, -0.1) is 0 Å². The minimum Gasteiger partial charge on any atom is -0.388 e. The van der Waals surface area contributed by atoms with Gasteiger partial charge in [0.25, 0.3) is 5.89 Å². The number of anilines is 1. The highest BCUT2D eigenvalue weighted by atomic mass is 16.5. The van der Waals surface area contributed by atoms with Crippen LogP contribution < -0.4 is 5.32 Å². The number of β-amino-alcohol motifs (C(OH)–C–C–N with tert-alkyl or cyclic N) is 1. The lowest BCUT2D eigenvalue weighted by Gasteiger charge is -2.20. The molecular formula is C18H22N4O3. The molecule has 2 aliphatic rings. The molecule has 0 spiro atoms. The predicted molar refractivity (Wildman–Crippen MR) is 92.3 cm³/mol. The van der Waals surface area contributed by atoms with E-state index in [9.17, 15) is 9.90 Å². The molecule has 1 aromatic carbocycles. The van der Waals surface area contributed by atoms with Crippen molar-refractivity contribution in [1.29, 1.82) is 0 Å². The molecule has 1 saturated carbocycles. The second-order valence-electron chi connectivity index (χ2n) is 7.36. The Morgan fingerprint density at radius 3 is 2.88 bits per heavy atom. The van der Waals surface area contributed by atoms with E-state index in [1.54, 1.807) is 11.8 Å². The maximum Gasteiger partial charge on any atom is 0.321 e. The molecule has 1 aliphatic carbocycles. The van der Waals surface area contributed by atoms with Crippen LogP contribution in [0.3, 0.4) is 0 Å². The monoisotopic (exact) mass is 342 g/mol. The predicted octanol–water partition coefficient (Wildman–Crippen LogP) is 2.91. The summed E-state index contributed by atoms with van der Waals surface area (Å²) >= 11 is 0. The lowest BCUT2D eigenvalue weighted by Crippen LogP contribution is -2.36. The van der Waals surface area contributed by atoms with E-state index in [1.165, 1.54) is 0 Å². The van der Waals surface area contributed by atoms with Crippen LogP contribution >= 0.6 is 0 Å². The summed E-state index contributed by atoms with van der Waals surface area (Å²) < 4.78 is 5.35. The second-order valence-corrected chi connectivity index (χ2v) is 7.36. The van der Waals surface area contributed by atoms with E-state index in [0.29, 0.717) is 31.3 Å². The average Bonchev–Trinajstić information content (AvgIpc) is 3.18. The van der Waals surface area contributed by atoms with Gasteiger partial charge in [-0.1, -0.05) is 5.16 Å². The van der Waals surface area contributed by atoms with E-state index in [0.717, 1.165) is 35.5 Å². The molecule has 2 fully saturated rings. The van der Waals surface area contributed by atoms with E-state index in [-0.39, 0.29) is 6.03 Å². The Morgan fingerprint density at radius 2 is 2.24 bits per heavy atom. The zero-order chi connectivity index (χ0) is 17.6. The molecule has 1 saturated heterocycles. The van der Waals surface area contributed by atoms with Crippen molar-refractivity contribution in [1.82, 2.24) is 15.0 Å². The first-order chi connectivity index (χ1) is 11.9. The van der Waals surface area contributed by atoms with Gasteiger partial charge in [0.1, 0.15) is 0 Å². The molecule has 0 unspecified atom stereocenters. The van der Waals surface area contributed by atoms with Gasteiger partial charge in [0.05, 0.1) is 12.1 Å². The van der Waals surface area contributed by atoms with E-state index in [2.05, 4.69) is 15.5 Å². The molecule has 2 amide bonds. The number of urea groups is 1. The average molecular weight is 342 g/mol. The molecule has 1 aromatic heterocycles. The number of aromatic nitrogens is 2. The topological polar surface area (TPSA) is 91.5 Å². The number of amides is 2. The maximum atomic E-state index is 12.4. The summed E-state index contributed by atoms with van der Waals surface area (Å²) in [5.74, 6) is 1.75. The normalized spacial score (nSPS) is 23.1. The summed E-state index contributed by atoms with van der Waals surface area (Å²) in [6.07, 6.45) is 2.86. The number of carbonyl (C=O) groups excluding carboxylic acids is 1. The number of aryl methyl sites for hydroxylation is 1. The first kappa shape index (κ1) is 16.1. The molecule has 0 radical (unpaired) electrons. The zero-order valence-corrected chi connectivity index (χ0v) is 14.5. The molecule has 132 valence electrons. The highest BCUT2D eigenvalue weighted by Gasteiger charge is 2.34. The third kappa shape index (κ3) is 3.37. The van der Waals surface area contributed by atoms with Crippen LogP contribution in [-0.2, 0) is 0 Å². The highest BCUT2D eigenvalue weighted by Crippen LogP contribution is 2.39. The van der Waals surface area contributed by atoms with Crippen LogP contribution in [0.2, 0.25) is 0 Å². The number of nitrogens with zero attached hydrogens (tertiary/aromatic N) is 3. The van der Waals surface area contributed by atoms with Crippen molar-refractivity contribution < 1.29 is 14.4 Å². The van der Waals surface area contributed by atoms with Gasteiger partial charge in [-0.25, -0.2) is 4.79 Å². The van der Waals surface area contributed by atoms with Gasteiger partial charge in [-0.3, -0.25) is 0 Å². The smallest absolute Gasteiger partial charge is 0.321 e. The third-order valence-corrected chi connectivity index (χ3v) is 4.84. The van der Waals surface area contributed by atoms with Gasteiger partial charge in [-0.05, 0) is 56.9 Å². The Balaban J connectivity index is 1.47. The molecule has 1 aliphatic heterocycles. The fraction of sp³-hybridized carbons (Fsp3) is 0.500. The van der Waals surface area contributed by atoms with Gasteiger partial charge in [0.15, 0.2) is 5.82 Å². The fourth-order valence-corrected chi connectivity index (χ4v) is 3.11. The molecule has 4 rings (SSSR count). The number of aliphatic hydroxyl groups is 1. The van der Waals surface area contributed by atoms with Crippen LogP contribution in [0.5, 0.6) is 0 Å². The number of nitrogens with one attached hydrogen (secondary N) is 1. The Bertz CT molecular complexity index is 810. The highest BCUT2D eigenvalue weighted by molar-refractivity contribution is 5.90. The van der Waals surface area contributed by atoms with Crippen LogP contribution in [-0.4, -0.2) is 44.9 Å². The van der Waals surface area contributed by atoms with E-state index in [4.69, 9.17) is 4.52 Å². The van der Waals surface area contributed by atoms with Crippen LogP contribution in [0.15, 0.2) is 22.7 Å². The summed E-state index contributed by atoms with van der Waals surface area (Å²) in [6.45, 7) is 4.59. The van der Waals surface area contributed by atoms with E-state index in [1.807, 2.05) is 25.1 Å². The summed E-state index contributed by atoms with van der Waals surface area (Å²) in [5, 5.41) is 16.9. The summed E-state index contributed by atoms with van der Waals surface area (Å²) in [4.78, 5) is 18.4. The van der Waals surface area contributed by atoms with Crippen molar-refractivity contribution in [3.63, 3.8) is 0 Å². The van der Waals surface area contributed by atoms with Crippen molar-refractivity contribution in [2.45, 2.75) is 44.6 Å². The summed E-state index contributed by atoms with van der Waals surface area (Å²) in [6, 6.07) is 5.45. The Hall–Kier alpha value is -2.41. The standard InChI is InChI=1S/C18H22N4O3/c1-11-9-13(16-20-15(21-25-16)12-3-4-12)5-6-14(11)19-17(23)22-8-7-18(2,24)10-22/h5-6,9,12,24H,3-4,7-8,10H2,1-2H3,(H,19,23)/t18-/m1/s1. The molecule has 2 heterocycles. The van der Waals surface area contributed by atoms with Crippen molar-refractivity contribution in [3.8, 4) is 11.5 Å². The number of benzene rings is 1. The fourth-order valence-electron chi connectivity index (χ4n) is 3.11. The van der Waals surface area contributed by atoms with Crippen LogP contribution in [0, 0.1) is 6.92 Å². The van der Waals surface area contributed by atoms with Crippen molar-refractivity contribution in [3.05, 3.63) is 29.6 Å². The molecule has 25 heavy (non-hydrogen) atoms. The number of rotatable bonds is 3. The molecule has 2 aromatic rings. The largest absolute Gasteiger partial charge is 0.388 e. The number of hydrogen-bond acceptors (Lipinski definition) is 5. The molecule has 7 nitrogen and oxygen atoms in total. The van der Waals surface area contributed by atoms with Gasteiger partial charge < -0.3 is 19.8 Å². The van der Waals surface area contributed by atoms with E-state index < -0.39 is 5.60 Å². The lowest BCUT2D eigenvalue weighted by molar-refractivity contribution is 0.0727. The Kier molecular flexibility index (Phi) is 3.76. The van der Waals surface area contributed by atoms with Gasteiger partial charge in [0.2, 0.25) is 0 Å². The second kappa shape index (κ2) is 5.84. The van der Waals surface area contributed by atoms with Crippen molar-refractivity contribution in [2.24, 2.45) is 0 Å². The minimum atomic E-state index is -0.798. The quantitative estimate of drug-likeness (QED) is 0.895. The minimum absolute atomic E-state index is 0.192. The first-order valence-electron chi connectivity index (χ1n) is 8.64. The molecule has 7 heteroatoms. The molecule has 1 atom stereocenters. The summed E-state index contributed by atoms with van der Waals surface area (Å²) in [5.41, 5.74) is 1.71. The number of hydrogen-bond donors (Lipinski definition) is 2. The number of likely N-dealkylation sites (tertiary alicyclic amines) is 1. The molecular weight excluding hydrogens is 320 g/mol. The van der Waals surface area contributed by atoms with E-state index >= 15 is 0 Å². The van der Waals surface area contributed by atoms with Gasteiger partial charge >= 0.3 is 6.03 Å². The first-order valence-corrected chi connectivity index (χ1v) is 8.64.